The molecule has 0 amide bonds. The number of hydrogen-bond acceptors (Lipinski definition) is 2. The first kappa shape index (κ1) is 14.6. The fourth-order valence-corrected chi connectivity index (χ4v) is 2.83. The second-order valence-corrected chi connectivity index (χ2v) is 6.11. The predicted molar refractivity (Wildman–Crippen MR) is 80.6 cm³/mol. The summed E-state index contributed by atoms with van der Waals surface area (Å²) in [6.45, 7) is 6.00. The molecule has 0 aliphatic rings. The van der Waals surface area contributed by atoms with Crippen molar-refractivity contribution in [1.82, 2.24) is 9.78 Å². The zero-order valence-electron chi connectivity index (χ0n) is 11.1. The Bertz CT molecular complexity index is 595. The highest BCUT2D eigenvalue weighted by atomic mass is 79.9. The molecule has 0 aliphatic carbocycles. The van der Waals surface area contributed by atoms with Gasteiger partial charge in [-0.2, -0.15) is 5.10 Å². The minimum Gasteiger partial charge on any atom is -0.382 e. The number of nitrogens with zero attached hydrogens (tertiary/aromatic N) is 2. The van der Waals surface area contributed by atoms with Gasteiger partial charge in [0.25, 0.3) is 0 Å². The van der Waals surface area contributed by atoms with E-state index in [-0.39, 0.29) is 6.04 Å². The molecule has 102 valence electrons. The van der Waals surface area contributed by atoms with Crippen LogP contribution in [0.25, 0.3) is 0 Å². The van der Waals surface area contributed by atoms with Crippen LogP contribution in [0.2, 0.25) is 5.02 Å². The summed E-state index contributed by atoms with van der Waals surface area (Å²) in [6, 6.07) is 5.68. The van der Waals surface area contributed by atoms with Crippen LogP contribution in [0.4, 0.5) is 0 Å². The van der Waals surface area contributed by atoms with Crippen LogP contribution in [0.3, 0.4) is 0 Å². The number of halogens is 2. The maximum absolute atomic E-state index is 10.6. The molecular weight excluding hydrogens is 328 g/mol. The zero-order chi connectivity index (χ0) is 14.2. The summed E-state index contributed by atoms with van der Waals surface area (Å²) < 4.78 is 2.63. The Morgan fingerprint density at radius 2 is 2.05 bits per heavy atom. The lowest BCUT2D eigenvalue weighted by molar-refractivity contribution is 0.203. The number of benzene rings is 1. The standard InChI is InChI=1S/C14H16BrClN2O/c1-8(2)18-13(12(15)7-17-18)14(19)11-5-4-10(16)6-9(11)3/h4-8,14,19H,1-3H3. The number of aliphatic hydroxyl groups is 1. The van der Waals surface area contributed by atoms with Gasteiger partial charge in [-0.05, 0) is 60.0 Å². The van der Waals surface area contributed by atoms with Crippen LogP contribution in [-0.4, -0.2) is 14.9 Å². The first-order valence-electron chi connectivity index (χ1n) is 6.08. The third-order valence-electron chi connectivity index (χ3n) is 3.06. The monoisotopic (exact) mass is 342 g/mol. The maximum atomic E-state index is 10.6. The van der Waals surface area contributed by atoms with Crippen molar-refractivity contribution in [1.29, 1.82) is 0 Å². The van der Waals surface area contributed by atoms with Crippen molar-refractivity contribution in [2.75, 3.05) is 0 Å². The van der Waals surface area contributed by atoms with Gasteiger partial charge in [0, 0.05) is 11.1 Å². The zero-order valence-corrected chi connectivity index (χ0v) is 13.4. The van der Waals surface area contributed by atoms with Crippen molar-refractivity contribution in [3.8, 4) is 0 Å². The van der Waals surface area contributed by atoms with E-state index in [1.807, 2.05) is 37.6 Å². The van der Waals surface area contributed by atoms with Crippen LogP contribution in [0, 0.1) is 6.92 Å². The maximum Gasteiger partial charge on any atom is 0.122 e. The van der Waals surface area contributed by atoms with E-state index in [0.717, 1.165) is 21.3 Å². The molecule has 1 N–H and O–H groups in total. The second kappa shape index (κ2) is 5.65. The van der Waals surface area contributed by atoms with E-state index in [4.69, 9.17) is 11.6 Å². The molecule has 0 bridgehead atoms. The van der Waals surface area contributed by atoms with Gasteiger partial charge in [0.05, 0.1) is 16.4 Å². The molecule has 1 atom stereocenters. The van der Waals surface area contributed by atoms with E-state index >= 15 is 0 Å². The topological polar surface area (TPSA) is 38.1 Å². The van der Waals surface area contributed by atoms with E-state index in [0.29, 0.717) is 5.02 Å². The van der Waals surface area contributed by atoms with Gasteiger partial charge in [-0.25, -0.2) is 0 Å². The van der Waals surface area contributed by atoms with Crippen LogP contribution in [-0.2, 0) is 0 Å². The van der Waals surface area contributed by atoms with Crippen molar-refractivity contribution in [2.24, 2.45) is 0 Å². The van der Waals surface area contributed by atoms with E-state index < -0.39 is 6.10 Å². The summed E-state index contributed by atoms with van der Waals surface area (Å²) in [5.74, 6) is 0. The van der Waals surface area contributed by atoms with Gasteiger partial charge in [0.1, 0.15) is 6.10 Å². The highest BCUT2D eigenvalue weighted by molar-refractivity contribution is 9.10. The minimum atomic E-state index is -0.725. The number of aryl methyl sites for hydroxylation is 1. The third kappa shape index (κ3) is 2.86. The van der Waals surface area contributed by atoms with Crippen molar-refractivity contribution < 1.29 is 5.11 Å². The van der Waals surface area contributed by atoms with E-state index in [2.05, 4.69) is 21.0 Å². The summed E-state index contributed by atoms with van der Waals surface area (Å²) >= 11 is 9.40. The first-order chi connectivity index (χ1) is 8.91. The molecule has 0 radical (unpaired) electrons. The highest BCUT2D eigenvalue weighted by Gasteiger charge is 2.22. The SMILES string of the molecule is Cc1cc(Cl)ccc1C(O)c1c(Br)cnn1C(C)C. The second-order valence-electron chi connectivity index (χ2n) is 4.82. The average molecular weight is 344 g/mol. The molecule has 1 aromatic carbocycles. The van der Waals surface area contributed by atoms with Crippen molar-refractivity contribution >= 4 is 27.5 Å². The Labute approximate surface area is 126 Å². The third-order valence-corrected chi connectivity index (χ3v) is 3.91. The summed E-state index contributed by atoms with van der Waals surface area (Å²) in [4.78, 5) is 0. The fourth-order valence-electron chi connectivity index (χ4n) is 2.11. The van der Waals surface area contributed by atoms with E-state index in [1.54, 1.807) is 12.3 Å². The lowest BCUT2D eigenvalue weighted by Crippen LogP contribution is -2.13. The van der Waals surface area contributed by atoms with E-state index in [9.17, 15) is 5.11 Å². The molecule has 1 heterocycles. The first-order valence-corrected chi connectivity index (χ1v) is 7.26. The van der Waals surface area contributed by atoms with Gasteiger partial charge in [-0.15, -0.1) is 0 Å². The Balaban J connectivity index is 2.49. The molecule has 0 aliphatic heterocycles. The van der Waals surface area contributed by atoms with E-state index in [1.165, 1.54) is 0 Å². The van der Waals surface area contributed by atoms with Gasteiger partial charge < -0.3 is 5.11 Å². The average Bonchev–Trinajstić information content (AvgIpc) is 2.70. The molecule has 0 saturated carbocycles. The highest BCUT2D eigenvalue weighted by Crippen LogP contribution is 2.32. The molecule has 0 saturated heterocycles. The number of aromatic nitrogens is 2. The molecule has 2 aromatic rings. The molecule has 1 unspecified atom stereocenters. The molecule has 0 fully saturated rings. The van der Waals surface area contributed by atoms with Crippen molar-refractivity contribution in [2.45, 2.75) is 32.9 Å². The Hall–Kier alpha value is -0.840. The quantitative estimate of drug-likeness (QED) is 0.903. The normalized spacial score (nSPS) is 13.0. The predicted octanol–water partition coefficient (Wildman–Crippen LogP) is 4.27. The molecule has 2 rings (SSSR count). The molecule has 19 heavy (non-hydrogen) atoms. The largest absolute Gasteiger partial charge is 0.382 e. The van der Waals surface area contributed by atoms with Gasteiger partial charge in [-0.3, -0.25) is 4.68 Å². The van der Waals surface area contributed by atoms with Crippen molar-refractivity contribution in [3.05, 3.63) is 50.7 Å². The molecule has 0 spiro atoms. The van der Waals surface area contributed by atoms with Crippen LogP contribution >= 0.6 is 27.5 Å². The Kier molecular flexibility index (Phi) is 4.33. The number of rotatable bonds is 3. The molecule has 3 nitrogen and oxygen atoms in total. The van der Waals surface area contributed by atoms with Crippen LogP contribution < -0.4 is 0 Å². The van der Waals surface area contributed by atoms with Crippen molar-refractivity contribution in [3.63, 3.8) is 0 Å². The van der Waals surface area contributed by atoms with Crippen LogP contribution in [0.15, 0.2) is 28.9 Å². The van der Waals surface area contributed by atoms with Crippen LogP contribution in [0.1, 0.15) is 42.8 Å². The lowest BCUT2D eigenvalue weighted by Gasteiger charge is -2.18. The fraction of sp³-hybridized carbons (Fsp3) is 0.357. The van der Waals surface area contributed by atoms with Crippen LogP contribution in [0.5, 0.6) is 0 Å². The van der Waals surface area contributed by atoms with Gasteiger partial charge in [0.15, 0.2) is 0 Å². The smallest absolute Gasteiger partial charge is 0.122 e. The molecule has 5 heteroatoms. The molecular formula is C14H16BrClN2O. The summed E-state index contributed by atoms with van der Waals surface area (Å²) in [5, 5.41) is 15.6. The summed E-state index contributed by atoms with van der Waals surface area (Å²) in [5.41, 5.74) is 2.57. The number of hydrogen-bond donors (Lipinski definition) is 1. The van der Waals surface area contributed by atoms with Gasteiger partial charge in [-0.1, -0.05) is 17.7 Å². The minimum absolute atomic E-state index is 0.184. The molecule has 1 aromatic heterocycles. The van der Waals surface area contributed by atoms with Gasteiger partial charge in [0.2, 0.25) is 0 Å². The van der Waals surface area contributed by atoms with Gasteiger partial charge >= 0.3 is 0 Å². The Morgan fingerprint density at radius 3 is 2.63 bits per heavy atom. The Morgan fingerprint density at radius 1 is 1.37 bits per heavy atom. The summed E-state index contributed by atoms with van der Waals surface area (Å²) in [6.07, 6.45) is 0.987. The summed E-state index contributed by atoms with van der Waals surface area (Å²) in [7, 11) is 0. The number of aliphatic hydroxyl groups excluding tert-OH is 1. The lowest BCUT2D eigenvalue weighted by atomic mass is 10.0.